The summed E-state index contributed by atoms with van der Waals surface area (Å²) in [5, 5.41) is 3.96. The first-order valence-electron chi connectivity index (χ1n) is 8.68. The number of rotatable bonds is 8. The molecule has 0 radical (unpaired) electrons. The molecule has 2 aromatic heterocycles. The lowest BCUT2D eigenvalue weighted by molar-refractivity contribution is -0.130. The number of nitrogens with zero attached hydrogens (tertiary/aromatic N) is 2. The zero-order valence-corrected chi connectivity index (χ0v) is 18.1. The first kappa shape index (κ1) is 24.2. The third kappa shape index (κ3) is 6.34. The van der Waals surface area contributed by atoms with Crippen molar-refractivity contribution in [1.82, 2.24) is 9.88 Å². The topological polar surface area (TPSA) is 72.4 Å². The Kier molecular flexibility index (Phi) is 10.2. The average Bonchev–Trinajstić information content (AvgIpc) is 3.30. The molecule has 0 atom stereocenters. The van der Waals surface area contributed by atoms with Gasteiger partial charge in [-0.1, -0.05) is 30.3 Å². The van der Waals surface area contributed by atoms with Crippen molar-refractivity contribution in [2.75, 3.05) is 19.6 Å². The lowest BCUT2D eigenvalue weighted by Gasteiger charge is -2.21. The summed E-state index contributed by atoms with van der Waals surface area (Å²) in [5.41, 5.74) is 8.55. The van der Waals surface area contributed by atoms with Gasteiger partial charge in [-0.15, -0.1) is 24.8 Å². The highest BCUT2D eigenvalue weighted by Crippen LogP contribution is 2.24. The van der Waals surface area contributed by atoms with Crippen molar-refractivity contribution >= 4 is 42.1 Å². The summed E-state index contributed by atoms with van der Waals surface area (Å²) in [5.74, 6) is 1.29. The van der Waals surface area contributed by atoms with Gasteiger partial charge in [-0.05, 0) is 30.4 Å². The highest BCUT2D eigenvalue weighted by Gasteiger charge is 2.19. The molecule has 3 rings (SSSR count). The molecule has 1 amide bonds. The van der Waals surface area contributed by atoms with Crippen LogP contribution in [-0.4, -0.2) is 35.4 Å². The molecule has 2 heterocycles. The van der Waals surface area contributed by atoms with E-state index in [0.29, 0.717) is 37.0 Å². The molecule has 0 fully saturated rings. The Hall–Kier alpha value is -1.86. The van der Waals surface area contributed by atoms with Gasteiger partial charge < -0.3 is 15.1 Å². The maximum Gasteiger partial charge on any atom is 0.228 e. The molecule has 1 aromatic carbocycles. The molecule has 5 nitrogen and oxygen atoms in total. The first-order chi connectivity index (χ1) is 12.7. The number of amides is 1. The van der Waals surface area contributed by atoms with E-state index in [1.807, 2.05) is 46.8 Å². The highest BCUT2D eigenvalue weighted by molar-refractivity contribution is 7.08. The summed E-state index contributed by atoms with van der Waals surface area (Å²) in [4.78, 5) is 19.1. The van der Waals surface area contributed by atoms with E-state index in [9.17, 15) is 4.79 Å². The molecule has 0 aliphatic heterocycles. The number of halogens is 2. The zero-order chi connectivity index (χ0) is 18.4. The summed E-state index contributed by atoms with van der Waals surface area (Å²) in [6.45, 7) is 3.48. The van der Waals surface area contributed by atoms with Gasteiger partial charge in [0.05, 0.1) is 12.1 Å². The van der Waals surface area contributed by atoms with Crippen LogP contribution in [0.4, 0.5) is 0 Å². The van der Waals surface area contributed by atoms with Crippen LogP contribution in [0.15, 0.2) is 51.6 Å². The maximum atomic E-state index is 12.8. The second kappa shape index (κ2) is 11.9. The lowest BCUT2D eigenvalue weighted by atomic mass is 10.1. The SMILES string of the molecule is Cc1oc(-c2ccsc2)nc1CC(=O)N(CCN)CCc1ccccc1.Cl.Cl. The molecule has 0 saturated carbocycles. The minimum atomic E-state index is 0. The molecule has 152 valence electrons. The van der Waals surface area contributed by atoms with Crippen molar-refractivity contribution < 1.29 is 9.21 Å². The summed E-state index contributed by atoms with van der Waals surface area (Å²) in [6, 6.07) is 12.1. The van der Waals surface area contributed by atoms with Crippen LogP contribution in [0.2, 0.25) is 0 Å². The molecular weight excluding hydrogens is 417 g/mol. The normalized spacial score (nSPS) is 10.1. The summed E-state index contributed by atoms with van der Waals surface area (Å²) < 4.78 is 5.73. The fourth-order valence-corrected chi connectivity index (χ4v) is 3.41. The van der Waals surface area contributed by atoms with Crippen LogP contribution >= 0.6 is 36.2 Å². The monoisotopic (exact) mass is 441 g/mol. The van der Waals surface area contributed by atoms with Gasteiger partial charge in [0.15, 0.2) is 0 Å². The molecular formula is C20H25Cl2N3O2S. The fraction of sp³-hybridized carbons (Fsp3) is 0.300. The number of carbonyl (C=O) groups is 1. The van der Waals surface area contributed by atoms with Crippen molar-refractivity contribution in [2.45, 2.75) is 19.8 Å². The molecule has 2 N–H and O–H groups in total. The van der Waals surface area contributed by atoms with E-state index in [1.165, 1.54) is 5.56 Å². The van der Waals surface area contributed by atoms with Gasteiger partial charge in [-0.25, -0.2) is 4.98 Å². The van der Waals surface area contributed by atoms with Crippen LogP contribution in [-0.2, 0) is 17.6 Å². The molecule has 0 bridgehead atoms. The fourth-order valence-electron chi connectivity index (χ4n) is 2.78. The predicted octanol–water partition coefficient (Wildman–Crippen LogP) is 4.13. The van der Waals surface area contributed by atoms with Crippen LogP contribution in [0.25, 0.3) is 11.5 Å². The number of carbonyl (C=O) groups excluding carboxylic acids is 1. The minimum absolute atomic E-state index is 0. The molecule has 0 aliphatic rings. The Morgan fingerprint density at radius 1 is 1.18 bits per heavy atom. The van der Waals surface area contributed by atoms with E-state index < -0.39 is 0 Å². The maximum absolute atomic E-state index is 12.8. The second-order valence-electron chi connectivity index (χ2n) is 6.12. The number of aromatic nitrogens is 1. The number of thiophene rings is 1. The van der Waals surface area contributed by atoms with Crippen molar-refractivity contribution in [2.24, 2.45) is 5.73 Å². The number of benzene rings is 1. The van der Waals surface area contributed by atoms with E-state index >= 15 is 0 Å². The van der Waals surface area contributed by atoms with Crippen LogP contribution in [0.1, 0.15) is 17.0 Å². The second-order valence-corrected chi connectivity index (χ2v) is 6.90. The van der Waals surface area contributed by atoms with Crippen molar-refractivity contribution in [3.63, 3.8) is 0 Å². The standard InChI is InChI=1S/C20H23N3O2S.2ClH/c1-15-18(22-20(25-15)17-8-12-26-14-17)13-19(24)23(11-9-21)10-7-16-5-3-2-4-6-16;;/h2-6,8,12,14H,7,9-11,13,21H2,1H3;2*1H. The molecule has 0 saturated heterocycles. The number of hydrogen-bond acceptors (Lipinski definition) is 5. The quantitative estimate of drug-likeness (QED) is 0.570. The molecule has 0 aliphatic carbocycles. The van der Waals surface area contributed by atoms with E-state index in [4.69, 9.17) is 10.2 Å². The predicted molar refractivity (Wildman–Crippen MR) is 119 cm³/mol. The number of hydrogen-bond donors (Lipinski definition) is 1. The van der Waals surface area contributed by atoms with Crippen LogP contribution in [0.3, 0.4) is 0 Å². The van der Waals surface area contributed by atoms with E-state index in [1.54, 1.807) is 11.3 Å². The Morgan fingerprint density at radius 2 is 1.93 bits per heavy atom. The molecule has 0 spiro atoms. The van der Waals surface area contributed by atoms with E-state index in [0.717, 1.165) is 12.0 Å². The van der Waals surface area contributed by atoms with Crippen molar-refractivity contribution in [3.05, 3.63) is 64.2 Å². The lowest BCUT2D eigenvalue weighted by Crippen LogP contribution is -2.38. The molecule has 0 unspecified atom stereocenters. The van der Waals surface area contributed by atoms with Gasteiger partial charge in [0.2, 0.25) is 11.8 Å². The zero-order valence-electron chi connectivity index (χ0n) is 15.7. The Bertz CT molecular complexity index is 839. The largest absolute Gasteiger partial charge is 0.441 e. The van der Waals surface area contributed by atoms with Crippen LogP contribution < -0.4 is 5.73 Å². The molecule has 8 heteroatoms. The number of aryl methyl sites for hydroxylation is 1. The molecule has 3 aromatic rings. The van der Waals surface area contributed by atoms with Crippen LogP contribution in [0.5, 0.6) is 0 Å². The van der Waals surface area contributed by atoms with Gasteiger partial charge in [0.1, 0.15) is 5.76 Å². The summed E-state index contributed by atoms with van der Waals surface area (Å²) in [7, 11) is 0. The van der Waals surface area contributed by atoms with Gasteiger partial charge >= 0.3 is 0 Å². The number of oxazole rings is 1. The Morgan fingerprint density at radius 3 is 2.57 bits per heavy atom. The average molecular weight is 442 g/mol. The smallest absolute Gasteiger partial charge is 0.228 e. The highest BCUT2D eigenvalue weighted by atomic mass is 35.5. The van der Waals surface area contributed by atoms with Gasteiger partial charge in [0, 0.05) is 30.6 Å². The summed E-state index contributed by atoms with van der Waals surface area (Å²) >= 11 is 1.59. The van der Waals surface area contributed by atoms with Crippen molar-refractivity contribution in [1.29, 1.82) is 0 Å². The summed E-state index contributed by atoms with van der Waals surface area (Å²) in [6.07, 6.45) is 1.04. The third-order valence-corrected chi connectivity index (χ3v) is 4.93. The Balaban J connectivity index is 0.00000196. The Labute approximate surface area is 181 Å². The van der Waals surface area contributed by atoms with Gasteiger partial charge in [-0.3, -0.25) is 4.79 Å². The van der Waals surface area contributed by atoms with Crippen LogP contribution in [0, 0.1) is 6.92 Å². The molecule has 28 heavy (non-hydrogen) atoms. The minimum Gasteiger partial charge on any atom is -0.441 e. The van der Waals surface area contributed by atoms with Gasteiger partial charge in [-0.2, -0.15) is 11.3 Å². The van der Waals surface area contributed by atoms with E-state index in [-0.39, 0.29) is 37.1 Å². The number of nitrogens with two attached hydrogens (primary N) is 1. The van der Waals surface area contributed by atoms with E-state index in [2.05, 4.69) is 17.1 Å². The van der Waals surface area contributed by atoms with Crippen molar-refractivity contribution in [3.8, 4) is 11.5 Å². The van der Waals surface area contributed by atoms with Gasteiger partial charge in [0.25, 0.3) is 0 Å². The third-order valence-electron chi connectivity index (χ3n) is 4.24. The first-order valence-corrected chi connectivity index (χ1v) is 9.62.